The minimum Gasteiger partial charge on any atom is -0.505 e. The number of carboxylic acids is 1. The molecule has 3 aromatic rings. The van der Waals surface area contributed by atoms with Crippen LogP contribution in [0, 0.1) is 19.7 Å². The van der Waals surface area contributed by atoms with E-state index in [0.717, 1.165) is 11.6 Å². The Labute approximate surface area is 155 Å². The van der Waals surface area contributed by atoms with Crippen LogP contribution in [0.15, 0.2) is 36.4 Å². The topological polar surface area (TPSA) is 79.5 Å². The summed E-state index contributed by atoms with van der Waals surface area (Å²) < 4.78 is 15.4. The summed E-state index contributed by atoms with van der Waals surface area (Å²) in [5, 5.41) is 19.8. The van der Waals surface area contributed by atoms with E-state index in [1.165, 1.54) is 10.6 Å². The highest BCUT2D eigenvalue weighted by Crippen LogP contribution is 2.37. The second kappa shape index (κ2) is 6.87. The zero-order valence-electron chi connectivity index (χ0n) is 15.3. The van der Waals surface area contributed by atoms with Crippen molar-refractivity contribution in [1.29, 1.82) is 0 Å². The number of benzene rings is 2. The number of hydrogen-bond donors (Lipinski definition) is 2. The van der Waals surface area contributed by atoms with Gasteiger partial charge in [0.1, 0.15) is 0 Å². The van der Waals surface area contributed by atoms with E-state index in [2.05, 4.69) is 0 Å². The molecule has 0 saturated carbocycles. The number of carbonyl (C=O) groups excluding carboxylic acids is 1. The third kappa shape index (κ3) is 3.07. The summed E-state index contributed by atoms with van der Waals surface area (Å²) in [5.41, 5.74) is 2.48. The molecule has 0 radical (unpaired) electrons. The highest BCUT2D eigenvalue weighted by Gasteiger charge is 2.29. The number of rotatable bonds is 4. The maximum Gasteiger partial charge on any atom is 0.311 e. The molecule has 0 amide bonds. The van der Waals surface area contributed by atoms with E-state index >= 15 is 0 Å². The molecule has 0 bridgehead atoms. The van der Waals surface area contributed by atoms with Gasteiger partial charge < -0.3 is 10.2 Å². The predicted molar refractivity (Wildman–Crippen MR) is 99.9 cm³/mol. The van der Waals surface area contributed by atoms with Crippen LogP contribution in [0.4, 0.5) is 4.39 Å². The summed E-state index contributed by atoms with van der Waals surface area (Å²) in [6, 6.07) is 9.21. The second-order valence-corrected chi connectivity index (χ2v) is 6.63. The average molecular weight is 369 g/mol. The molecule has 1 unspecified atom stereocenters. The molecule has 0 aliphatic heterocycles. The number of hydrogen-bond acceptors (Lipinski definition) is 3. The summed E-state index contributed by atoms with van der Waals surface area (Å²) in [5.74, 6) is -3.73. The van der Waals surface area contributed by atoms with Gasteiger partial charge >= 0.3 is 5.97 Å². The number of aliphatic carboxylic acids is 1. The van der Waals surface area contributed by atoms with Crippen LogP contribution in [0.2, 0.25) is 0 Å². The molecule has 1 atom stereocenters. The third-order valence-corrected chi connectivity index (χ3v) is 4.88. The molecule has 3 rings (SSSR count). The van der Waals surface area contributed by atoms with Gasteiger partial charge in [0.2, 0.25) is 0 Å². The number of nitrogens with zero attached hydrogens (tertiary/aromatic N) is 1. The fourth-order valence-electron chi connectivity index (χ4n) is 3.48. The zero-order valence-corrected chi connectivity index (χ0v) is 15.3. The van der Waals surface area contributed by atoms with E-state index in [9.17, 15) is 24.2 Å². The molecule has 0 aliphatic rings. The van der Waals surface area contributed by atoms with Gasteiger partial charge in [-0.25, -0.2) is 4.39 Å². The molecular weight excluding hydrogens is 349 g/mol. The highest BCUT2D eigenvalue weighted by molar-refractivity contribution is 6.05. The normalized spacial score (nSPS) is 12.3. The Morgan fingerprint density at radius 3 is 2.33 bits per heavy atom. The van der Waals surface area contributed by atoms with Gasteiger partial charge in [0, 0.05) is 22.7 Å². The molecule has 5 nitrogen and oxygen atoms in total. The molecule has 2 N–H and O–H groups in total. The lowest BCUT2D eigenvalue weighted by Gasteiger charge is -2.12. The van der Waals surface area contributed by atoms with Gasteiger partial charge in [-0.2, -0.15) is 0 Å². The molecule has 0 fully saturated rings. The van der Waals surface area contributed by atoms with Gasteiger partial charge in [-0.15, -0.1) is 0 Å². The van der Waals surface area contributed by atoms with Crippen molar-refractivity contribution in [3.63, 3.8) is 0 Å². The summed E-state index contributed by atoms with van der Waals surface area (Å²) in [4.78, 5) is 24.8. The number of halogens is 1. The smallest absolute Gasteiger partial charge is 0.311 e. The van der Waals surface area contributed by atoms with E-state index in [1.807, 2.05) is 6.92 Å². The van der Waals surface area contributed by atoms with Crippen molar-refractivity contribution in [2.45, 2.75) is 33.1 Å². The van der Waals surface area contributed by atoms with E-state index < -0.39 is 23.5 Å². The molecular formula is C21H20FNO4. The minimum atomic E-state index is -1.04. The summed E-state index contributed by atoms with van der Waals surface area (Å²) in [6.07, 6.45) is 0.298. The fraction of sp³-hybridized carbons (Fsp3) is 0.238. The standard InChI is InChI=1S/C21H20FNO4/c1-4-14(21(26)27)19-12(3)23(17-10-16(22)18(24)9-15(17)19)20(25)13-7-5-11(2)6-8-13/h5-10,14,24H,4H2,1-3H3,(H,26,27). The Kier molecular flexibility index (Phi) is 4.74. The molecule has 0 aliphatic carbocycles. The molecule has 140 valence electrons. The van der Waals surface area contributed by atoms with Crippen LogP contribution in [-0.2, 0) is 4.79 Å². The number of carboxylic acid groups (broad SMARTS) is 1. The van der Waals surface area contributed by atoms with Crippen molar-refractivity contribution >= 4 is 22.8 Å². The Bertz CT molecular complexity index is 1050. The summed E-state index contributed by atoms with van der Waals surface area (Å²) in [6.45, 7) is 5.27. The molecule has 2 aromatic carbocycles. The number of phenols is 1. The predicted octanol–water partition coefficient (Wildman–Crippen LogP) is 4.37. The van der Waals surface area contributed by atoms with Gasteiger partial charge in [0.05, 0.1) is 11.4 Å². The van der Waals surface area contributed by atoms with Crippen molar-refractivity contribution in [2.75, 3.05) is 0 Å². The van der Waals surface area contributed by atoms with Gasteiger partial charge in [-0.05, 0) is 44.0 Å². The second-order valence-electron chi connectivity index (χ2n) is 6.63. The number of phenolic OH excluding ortho intramolecular Hbond substituents is 1. The Morgan fingerprint density at radius 1 is 1.15 bits per heavy atom. The molecule has 27 heavy (non-hydrogen) atoms. The Morgan fingerprint density at radius 2 is 1.78 bits per heavy atom. The van der Waals surface area contributed by atoms with Crippen LogP contribution < -0.4 is 0 Å². The first-order chi connectivity index (χ1) is 12.8. The first-order valence-electron chi connectivity index (χ1n) is 8.63. The highest BCUT2D eigenvalue weighted by atomic mass is 19.1. The van der Waals surface area contributed by atoms with E-state index in [-0.39, 0.29) is 11.4 Å². The van der Waals surface area contributed by atoms with Crippen LogP contribution in [0.1, 0.15) is 46.4 Å². The van der Waals surface area contributed by atoms with Gasteiger partial charge in [-0.1, -0.05) is 24.6 Å². The van der Waals surface area contributed by atoms with Crippen molar-refractivity contribution < 1.29 is 24.2 Å². The third-order valence-electron chi connectivity index (χ3n) is 4.88. The fourth-order valence-corrected chi connectivity index (χ4v) is 3.48. The lowest BCUT2D eigenvalue weighted by atomic mass is 9.94. The average Bonchev–Trinajstić information content (AvgIpc) is 2.88. The first kappa shape index (κ1) is 18.6. The Hall–Kier alpha value is -3.15. The molecule has 1 aromatic heterocycles. The van der Waals surface area contributed by atoms with Crippen molar-refractivity contribution in [3.05, 3.63) is 64.6 Å². The molecule has 6 heteroatoms. The lowest BCUT2D eigenvalue weighted by molar-refractivity contribution is -0.138. The number of fused-ring (bicyclic) bond motifs is 1. The van der Waals surface area contributed by atoms with E-state index in [1.54, 1.807) is 38.1 Å². The SMILES string of the molecule is CCC(C(=O)O)c1c(C)n(C(=O)c2ccc(C)cc2)c2cc(F)c(O)cc12. The van der Waals surface area contributed by atoms with Gasteiger partial charge in [-0.3, -0.25) is 14.2 Å². The molecule has 0 saturated heterocycles. The van der Waals surface area contributed by atoms with E-state index in [4.69, 9.17) is 0 Å². The number of aromatic nitrogens is 1. The maximum absolute atomic E-state index is 14.0. The monoisotopic (exact) mass is 369 g/mol. The number of carbonyl (C=O) groups is 2. The minimum absolute atomic E-state index is 0.239. The van der Waals surface area contributed by atoms with Crippen molar-refractivity contribution in [2.24, 2.45) is 0 Å². The van der Waals surface area contributed by atoms with E-state index in [0.29, 0.717) is 28.6 Å². The lowest BCUT2D eigenvalue weighted by Crippen LogP contribution is -2.16. The van der Waals surface area contributed by atoms with Crippen LogP contribution in [0.25, 0.3) is 10.9 Å². The molecule has 1 heterocycles. The molecule has 0 spiro atoms. The van der Waals surface area contributed by atoms with Crippen molar-refractivity contribution in [1.82, 2.24) is 4.57 Å². The van der Waals surface area contributed by atoms with Crippen LogP contribution >= 0.6 is 0 Å². The largest absolute Gasteiger partial charge is 0.505 e. The van der Waals surface area contributed by atoms with Crippen molar-refractivity contribution in [3.8, 4) is 5.75 Å². The number of aromatic hydroxyl groups is 1. The summed E-state index contributed by atoms with van der Waals surface area (Å²) >= 11 is 0. The number of aryl methyl sites for hydroxylation is 1. The Balaban J connectivity index is 2.34. The van der Waals surface area contributed by atoms with Crippen LogP contribution in [0.3, 0.4) is 0 Å². The maximum atomic E-state index is 14.0. The van der Waals surface area contributed by atoms with Gasteiger partial charge in [0.15, 0.2) is 11.6 Å². The zero-order chi connectivity index (χ0) is 19.9. The van der Waals surface area contributed by atoms with Gasteiger partial charge in [0.25, 0.3) is 5.91 Å². The van der Waals surface area contributed by atoms with Crippen LogP contribution in [0.5, 0.6) is 5.75 Å². The quantitative estimate of drug-likeness (QED) is 0.716. The summed E-state index contributed by atoms with van der Waals surface area (Å²) in [7, 11) is 0. The van der Waals surface area contributed by atoms with Crippen LogP contribution in [-0.4, -0.2) is 26.7 Å². The first-order valence-corrected chi connectivity index (χ1v) is 8.63.